The van der Waals surface area contributed by atoms with Gasteiger partial charge in [-0.05, 0) is 25.3 Å². The Morgan fingerprint density at radius 2 is 2.19 bits per heavy atom. The van der Waals surface area contributed by atoms with E-state index < -0.39 is 22.8 Å². The molecule has 1 aromatic rings. The van der Waals surface area contributed by atoms with Gasteiger partial charge in [-0.3, -0.25) is 19.7 Å². The summed E-state index contributed by atoms with van der Waals surface area (Å²) >= 11 is 0. The lowest BCUT2D eigenvalue weighted by Crippen LogP contribution is -2.44. The number of nitrogens with one attached hydrogen (secondary N) is 1. The van der Waals surface area contributed by atoms with E-state index >= 15 is 0 Å². The van der Waals surface area contributed by atoms with Crippen LogP contribution in [0.1, 0.15) is 29.6 Å². The normalized spacial score (nSPS) is 11.4. The third kappa shape index (κ3) is 5.06. The van der Waals surface area contributed by atoms with Gasteiger partial charge in [0, 0.05) is 17.7 Å². The highest BCUT2D eigenvalue weighted by atomic mass is 16.6. The molecule has 1 aromatic carbocycles. The largest absolute Gasteiger partial charge is 0.368 e. The zero-order chi connectivity index (χ0) is 15.8. The number of non-ortho nitro benzene ring substituents is 1. The molecule has 0 heterocycles. The van der Waals surface area contributed by atoms with Crippen LogP contribution in [0.2, 0.25) is 0 Å². The van der Waals surface area contributed by atoms with Gasteiger partial charge in [0.1, 0.15) is 6.04 Å². The number of carbonyl (C=O) groups is 2. The van der Waals surface area contributed by atoms with Crippen molar-refractivity contribution < 1.29 is 14.5 Å². The van der Waals surface area contributed by atoms with Crippen molar-refractivity contribution in [2.45, 2.75) is 25.3 Å². The molecule has 0 saturated carbocycles. The molecule has 2 amide bonds. The first kappa shape index (κ1) is 16.4. The number of allylic oxidation sites excluding steroid dienone is 1. The molecule has 0 bridgehead atoms. The minimum absolute atomic E-state index is 0.110. The lowest BCUT2D eigenvalue weighted by atomic mass is 10.1. The Labute approximate surface area is 122 Å². The Morgan fingerprint density at radius 3 is 2.76 bits per heavy atom. The Balaban J connectivity index is 2.77. The van der Waals surface area contributed by atoms with E-state index in [1.54, 1.807) is 6.08 Å². The molecule has 0 unspecified atom stereocenters. The van der Waals surface area contributed by atoms with Crippen LogP contribution in [-0.2, 0) is 4.79 Å². The van der Waals surface area contributed by atoms with Gasteiger partial charge in [-0.25, -0.2) is 0 Å². The number of primary amides is 1. The maximum atomic E-state index is 12.0. The summed E-state index contributed by atoms with van der Waals surface area (Å²) in [7, 11) is 0. The molecule has 0 saturated heterocycles. The van der Waals surface area contributed by atoms with Gasteiger partial charge in [0.2, 0.25) is 5.91 Å². The van der Waals surface area contributed by atoms with Gasteiger partial charge in [0.15, 0.2) is 0 Å². The average molecular weight is 291 g/mol. The predicted octanol–water partition coefficient (Wildman–Crippen LogP) is 1.53. The van der Waals surface area contributed by atoms with Crippen molar-refractivity contribution >= 4 is 17.5 Å². The van der Waals surface area contributed by atoms with Crippen LogP contribution in [0, 0.1) is 10.1 Å². The average Bonchev–Trinajstić information content (AvgIpc) is 2.46. The summed E-state index contributed by atoms with van der Waals surface area (Å²) in [4.78, 5) is 33.4. The van der Waals surface area contributed by atoms with Crippen molar-refractivity contribution in [3.63, 3.8) is 0 Å². The van der Waals surface area contributed by atoms with E-state index in [-0.39, 0.29) is 11.3 Å². The quantitative estimate of drug-likeness (QED) is 0.327. The van der Waals surface area contributed by atoms with Gasteiger partial charge in [0.05, 0.1) is 4.92 Å². The van der Waals surface area contributed by atoms with Gasteiger partial charge in [-0.15, -0.1) is 6.58 Å². The third-order valence-electron chi connectivity index (χ3n) is 2.87. The zero-order valence-corrected chi connectivity index (χ0v) is 11.5. The van der Waals surface area contributed by atoms with Crippen LogP contribution in [0.5, 0.6) is 0 Å². The van der Waals surface area contributed by atoms with E-state index in [0.29, 0.717) is 19.3 Å². The maximum absolute atomic E-state index is 12.0. The van der Waals surface area contributed by atoms with Crippen molar-refractivity contribution in [3.8, 4) is 0 Å². The Hall–Kier alpha value is -2.70. The molecule has 0 spiro atoms. The molecule has 7 heteroatoms. The first-order valence-corrected chi connectivity index (χ1v) is 6.41. The van der Waals surface area contributed by atoms with Crippen molar-refractivity contribution in [2.75, 3.05) is 0 Å². The number of carbonyl (C=O) groups excluding carboxylic acids is 2. The van der Waals surface area contributed by atoms with Crippen LogP contribution in [0.3, 0.4) is 0 Å². The second-order valence-corrected chi connectivity index (χ2v) is 4.46. The van der Waals surface area contributed by atoms with Crippen LogP contribution in [0.4, 0.5) is 5.69 Å². The second-order valence-electron chi connectivity index (χ2n) is 4.46. The van der Waals surface area contributed by atoms with E-state index in [2.05, 4.69) is 11.9 Å². The minimum Gasteiger partial charge on any atom is -0.368 e. The highest BCUT2D eigenvalue weighted by Crippen LogP contribution is 2.13. The summed E-state index contributed by atoms with van der Waals surface area (Å²) in [6.07, 6.45) is 3.46. The van der Waals surface area contributed by atoms with Gasteiger partial charge in [-0.1, -0.05) is 12.1 Å². The summed E-state index contributed by atoms with van der Waals surface area (Å²) in [6.45, 7) is 3.57. The zero-order valence-electron chi connectivity index (χ0n) is 11.5. The highest BCUT2D eigenvalue weighted by Gasteiger charge is 2.19. The molecule has 112 valence electrons. The summed E-state index contributed by atoms with van der Waals surface area (Å²) < 4.78 is 0. The third-order valence-corrected chi connectivity index (χ3v) is 2.87. The molecule has 3 N–H and O–H groups in total. The van der Waals surface area contributed by atoms with Crippen molar-refractivity contribution in [1.82, 2.24) is 5.32 Å². The number of nitro groups is 1. The Bertz CT molecular complexity index is 557. The number of rotatable bonds is 8. The molecule has 0 aliphatic carbocycles. The number of nitrogens with two attached hydrogens (primary N) is 1. The monoisotopic (exact) mass is 291 g/mol. The van der Waals surface area contributed by atoms with E-state index in [1.807, 2.05) is 0 Å². The van der Waals surface area contributed by atoms with Crippen molar-refractivity contribution in [3.05, 3.63) is 52.6 Å². The molecule has 1 atom stereocenters. The second kappa shape index (κ2) is 7.78. The molecular weight excluding hydrogens is 274 g/mol. The molecule has 0 radical (unpaired) electrons. The Morgan fingerprint density at radius 1 is 1.48 bits per heavy atom. The molecule has 21 heavy (non-hydrogen) atoms. The number of hydrogen-bond donors (Lipinski definition) is 2. The summed E-state index contributed by atoms with van der Waals surface area (Å²) in [5.74, 6) is -1.21. The summed E-state index contributed by atoms with van der Waals surface area (Å²) in [5, 5.41) is 13.2. The van der Waals surface area contributed by atoms with Crippen molar-refractivity contribution in [1.29, 1.82) is 0 Å². The predicted molar refractivity (Wildman–Crippen MR) is 77.6 cm³/mol. The molecular formula is C14H17N3O4. The number of amides is 2. The van der Waals surface area contributed by atoms with E-state index in [0.717, 1.165) is 6.07 Å². The van der Waals surface area contributed by atoms with Gasteiger partial charge >= 0.3 is 0 Å². The van der Waals surface area contributed by atoms with E-state index in [9.17, 15) is 19.7 Å². The fraction of sp³-hybridized carbons (Fsp3) is 0.286. The standard InChI is InChI=1S/C14H17N3O4/c1-2-3-4-8-12(13(15)18)16-14(19)10-6-5-7-11(9-10)17(20)21/h2,5-7,9,12H,1,3-4,8H2,(H2,15,18)(H,16,19)/t12-/m0/s1. The number of hydrogen-bond acceptors (Lipinski definition) is 4. The molecule has 7 nitrogen and oxygen atoms in total. The first-order valence-electron chi connectivity index (χ1n) is 6.41. The maximum Gasteiger partial charge on any atom is 0.270 e. The summed E-state index contributed by atoms with van der Waals surface area (Å²) in [6, 6.07) is 4.47. The van der Waals surface area contributed by atoms with Gasteiger partial charge in [-0.2, -0.15) is 0 Å². The smallest absolute Gasteiger partial charge is 0.270 e. The van der Waals surface area contributed by atoms with Crippen LogP contribution in [0.25, 0.3) is 0 Å². The number of benzene rings is 1. The van der Waals surface area contributed by atoms with Crippen molar-refractivity contribution in [2.24, 2.45) is 5.73 Å². The molecule has 0 fully saturated rings. The SMILES string of the molecule is C=CCCC[C@H](NC(=O)c1cccc([N+](=O)[O-])c1)C(N)=O. The van der Waals surface area contributed by atoms with Gasteiger partial charge in [0.25, 0.3) is 11.6 Å². The number of unbranched alkanes of at least 4 members (excludes halogenated alkanes) is 1. The van der Waals surface area contributed by atoms with Crippen LogP contribution >= 0.6 is 0 Å². The van der Waals surface area contributed by atoms with Crippen LogP contribution < -0.4 is 11.1 Å². The Kier molecular flexibility index (Phi) is 6.06. The highest BCUT2D eigenvalue weighted by molar-refractivity contribution is 5.97. The fourth-order valence-corrected chi connectivity index (χ4v) is 1.75. The lowest BCUT2D eigenvalue weighted by Gasteiger charge is -2.15. The lowest BCUT2D eigenvalue weighted by molar-refractivity contribution is -0.384. The molecule has 0 aromatic heterocycles. The molecule has 0 aliphatic rings. The van der Waals surface area contributed by atoms with Crippen LogP contribution in [0.15, 0.2) is 36.9 Å². The number of nitro benzene ring substituents is 1. The topological polar surface area (TPSA) is 115 Å². The number of nitrogens with zero attached hydrogens (tertiary/aromatic N) is 1. The fourth-order valence-electron chi connectivity index (χ4n) is 1.75. The molecule has 1 rings (SSSR count). The minimum atomic E-state index is -0.809. The van der Waals surface area contributed by atoms with E-state index in [4.69, 9.17) is 5.73 Å². The van der Waals surface area contributed by atoms with Gasteiger partial charge < -0.3 is 11.1 Å². The van der Waals surface area contributed by atoms with Crippen LogP contribution in [-0.4, -0.2) is 22.8 Å². The summed E-state index contributed by atoms with van der Waals surface area (Å²) in [5.41, 5.74) is 5.16. The molecule has 0 aliphatic heterocycles. The van der Waals surface area contributed by atoms with E-state index in [1.165, 1.54) is 18.2 Å². The first-order chi connectivity index (χ1) is 9.95.